The normalized spacial score (nSPS) is 10.1. The van der Waals surface area contributed by atoms with Gasteiger partial charge in [0.15, 0.2) is 0 Å². The summed E-state index contributed by atoms with van der Waals surface area (Å²) in [6.45, 7) is 0. The summed E-state index contributed by atoms with van der Waals surface area (Å²) in [6, 6.07) is 5.08. The Morgan fingerprint density at radius 2 is 1.77 bits per heavy atom. The van der Waals surface area contributed by atoms with Crippen molar-refractivity contribution in [1.29, 1.82) is 0 Å². The Bertz CT molecular complexity index is 508. The van der Waals surface area contributed by atoms with Crippen LogP contribution >= 0.6 is 11.6 Å². The molecule has 3 N–H and O–H groups in total. The van der Waals surface area contributed by atoms with Crippen LogP contribution in [-0.2, 0) is 9.59 Å². The van der Waals surface area contributed by atoms with E-state index in [1.165, 1.54) is 7.11 Å². The maximum absolute atomic E-state index is 11.8. The molecule has 0 bridgehead atoms. The Kier molecular flexibility index (Phi) is 8.32. The zero-order valence-electron chi connectivity index (χ0n) is 12.5. The third kappa shape index (κ3) is 6.78. The molecule has 2 amide bonds. The summed E-state index contributed by atoms with van der Waals surface area (Å²) in [6.07, 6.45) is 3.85. The largest absolute Gasteiger partial charge is 0.495 e. The Labute approximate surface area is 134 Å². The molecule has 0 saturated heterocycles. The highest BCUT2D eigenvalue weighted by Gasteiger charge is 2.06. The highest BCUT2D eigenvalue weighted by molar-refractivity contribution is 6.32. The monoisotopic (exact) mass is 328 g/mol. The van der Waals surface area contributed by atoms with E-state index in [0.717, 1.165) is 19.3 Å². The lowest BCUT2D eigenvalue weighted by molar-refractivity contribution is -0.129. The predicted octanol–water partition coefficient (Wildman–Crippen LogP) is 3.13. The topological polar surface area (TPSA) is 87.7 Å². The number of carbonyl (C=O) groups excluding carboxylic acids is 2. The standard InChI is InChI=1S/C15H21ClN2O4/c1-22-13-9-8-11(10-12(13)16)17-14(19)6-4-2-3-5-7-15(20)18-21/h8-10,21H,2-7H2,1H3,(H,17,19)(H,18,20). The molecule has 7 heteroatoms. The van der Waals surface area contributed by atoms with Gasteiger partial charge in [-0.25, -0.2) is 5.48 Å². The van der Waals surface area contributed by atoms with Crippen LogP contribution in [0.15, 0.2) is 18.2 Å². The number of hydroxylamine groups is 1. The van der Waals surface area contributed by atoms with Crippen LogP contribution in [0.25, 0.3) is 0 Å². The van der Waals surface area contributed by atoms with Crippen molar-refractivity contribution < 1.29 is 19.5 Å². The molecule has 22 heavy (non-hydrogen) atoms. The van der Waals surface area contributed by atoms with Crippen LogP contribution in [-0.4, -0.2) is 24.1 Å². The van der Waals surface area contributed by atoms with Gasteiger partial charge in [0.1, 0.15) is 5.75 Å². The number of hydrogen-bond acceptors (Lipinski definition) is 4. The molecule has 122 valence electrons. The van der Waals surface area contributed by atoms with Gasteiger partial charge >= 0.3 is 0 Å². The molecule has 0 radical (unpaired) electrons. The first-order valence-corrected chi connectivity index (χ1v) is 7.51. The number of amides is 2. The second-order valence-electron chi connectivity index (χ2n) is 4.85. The number of unbranched alkanes of at least 4 members (excludes halogenated alkanes) is 3. The summed E-state index contributed by atoms with van der Waals surface area (Å²) >= 11 is 5.99. The van der Waals surface area contributed by atoms with Gasteiger partial charge in [0.05, 0.1) is 12.1 Å². The Hall–Kier alpha value is -1.79. The molecule has 1 aromatic rings. The van der Waals surface area contributed by atoms with E-state index in [4.69, 9.17) is 21.5 Å². The van der Waals surface area contributed by atoms with Crippen molar-refractivity contribution in [2.45, 2.75) is 38.5 Å². The molecule has 0 saturated carbocycles. The zero-order chi connectivity index (χ0) is 16.4. The Morgan fingerprint density at radius 1 is 1.14 bits per heavy atom. The second-order valence-corrected chi connectivity index (χ2v) is 5.25. The van der Waals surface area contributed by atoms with Crippen LogP contribution in [0.1, 0.15) is 38.5 Å². The SMILES string of the molecule is COc1ccc(NC(=O)CCCCCCC(=O)NO)cc1Cl. The van der Waals surface area contributed by atoms with E-state index >= 15 is 0 Å². The Morgan fingerprint density at radius 3 is 2.32 bits per heavy atom. The van der Waals surface area contributed by atoms with Crippen molar-refractivity contribution in [3.63, 3.8) is 0 Å². The van der Waals surface area contributed by atoms with Gasteiger partial charge in [0.25, 0.3) is 0 Å². The van der Waals surface area contributed by atoms with Crippen LogP contribution in [0.3, 0.4) is 0 Å². The van der Waals surface area contributed by atoms with E-state index in [9.17, 15) is 9.59 Å². The number of ether oxygens (including phenoxy) is 1. The third-order valence-electron chi connectivity index (χ3n) is 3.12. The minimum atomic E-state index is -0.380. The third-order valence-corrected chi connectivity index (χ3v) is 3.41. The molecule has 6 nitrogen and oxygen atoms in total. The molecule has 1 aromatic carbocycles. The molecule has 0 spiro atoms. The van der Waals surface area contributed by atoms with Crippen molar-refractivity contribution in [3.05, 3.63) is 23.2 Å². The first kappa shape index (κ1) is 18.3. The van der Waals surface area contributed by atoms with E-state index in [1.54, 1.807) is 23.7 Å². The van der Waals surface area contributed by atoms with Gasteiger partial charge in [-0.05, 0) is 31.0 Å². The van der Waals surface area contributed by atoms with E-state index < -0.39 is 0 Å². The van der Waals surface area contributed by atoms with Crippen LogP contribution in [0.4, 0.5) is 5.69 Å². The van der Waals surface area contributed by atoms with E-state index in [-0.39, 0.29) is 11.8 Å². The van der Waals surface area contributed by atoms with Gasteiger partial charge in [-0.2, -0.15) is 0 Å². The summed E-state index contributed by atoms with van der Waals surface area (Å²) < 4.78 is 5.04. The van der Waals surface area contributed by atoms with Crippen LogP contribution in [0.5, 0.6) is 5.75 Å². The minimum absolute atomic E-state index is 0.0747. The maximum Gasteiger partial charge on any atom is 0.243 e. The van der Waals surface area contributed by atoms with Gasteiger partial charge < -0.3 is 10.1 Å². The number of benzene rings is 1. The summed E-state index contributed by atoms with van der Waals surface area (Å²) in [4.78, 5) is 22.6. The van der Waals surface area contributed by atoms with Crippen LogP contribution in [0, 0.1) is 0 Å². The number of nitrogens with one attached hydrogen (secondary N) is 2. The molecule has 0 fully saturated rings. The molecule has 1 rings (SSSR count). The number of anilines is 1. The first-order valence-electron chi connectivity index (χ1n) is 7.13. The maximum atomic E-state index is 11.8. The van der Waals surface area contributed by atoms with Gasteiger partial charge in [0.2, 0.25) is 11.8 Å². The molecule has 0 aromatic heterocycles. The number of rotatable bonds is 9. The van der Waals surface area contributed by atoms with Crippen molar-refractivity contribution in [1.82, 2.24) is 5.48 Å². The summed E-state index contributed by atoms with van der Waals surface area (Å²) in [5.74, 6) is 0.107. The molecule has 0 atom stereocenters. The molecule has 0 heterocycles. The summed E-state index contributed by atoms with van der Waals surface area (Å²) in [5.41, 5.74) is 2.23. The average molecular weight is 329 g/mol. The number of carbonyl (C=O) groups is 2. The quantitative estimate of drug-likeness (QED) is 0.369. The van der Waals surface area contributed by atoms with Gasteiger partial charge in [-0.1, -0.05) is 24.4 Å². The molecule has 0 unspecified atom stereocenters. The molecular weight excluding hydrogens is 308 g/mol. The number of hydrogen-bond donors (Lipinski definition) is 3. The van der Waals surface area contributed by atoms with Gasteiger partial charge in [-0.15, -0.1) is 0 Å². The predicted molar refractivity (Wildman–Crippen MR) is 84.3 cm³/mol. The lowest BCUT2D eigenvalue weighted by Crippen LogP contribution is -2.17. The van der Waals surface area contributed by atoms with Gasteiger partial charge in [0, 0.05) is 18.5 Å². The average Bonchev–Trinajstić information content (AvgIpc) is 2.50. The van der Waals surface area contributed by atoms with Crippen LogP contribution in [0.2, 0.25) is 5.02 Å². The highest BCUT2D eigenvalue weighted by Crippen LogP contribution is 2.27. The van der Waals surface area contributed by atoms with E-state index in [1.807, 2.05) is 0 Å². The lowest BCUT2D eigenvalue weighted by Gasteiger charge is -2.08. The minimum Gasteiger partial charge on any atom is -0.495 e. The van der Waals surface area contributed by atoms with E-state index in [2.05, 4.69) is 5.32 Å². The molecular formula is C15H21ClN2O4. The number of methoxy groups -OCH3 is 1. The first-order chi connectivity index (χ1) is 10.6. The fraction of sp³-hybridized carbons (Fsp3) is 0.467. The molecule has 0 aliphatic heterocycles. The number of halogens is 1. The molecule has 0 aliphatic rings. The smallest absolute Gasteiger partial charge is 0.243 e. The lowest BCUT2D eigenvalue weighted by atomic mass is 10.1. The second kappa shape index (κ2) is 10.0. The Balaban J connectivity index is 2.21. The zero-order valence-corrected chi connectivity index (χ0v) is 13.3. The fourth-order valence-corrected chi connectivity index (χ4v) is 2.21. The molecule has 0 aliphatic carbocycles. The van der Waals surface area contributed by atoms with E-state index in [0.29, 0.717) is 35.7 Å². The summed E-state index contributed by atoms with van der Waals surface area (Å²) in [7, 11) is 1.53. The van der Waals surface area contributed by atoms with Crippen molar-refractivity contribution >= 4 is 29.1 Å². The fourth-order valence-electron chi connectivity index (χ4n) is 1.95. The highest BCUT2D eigenvalue weighted by atomic mass is 35.5. The van der Waals surface area contributed by atoms with Crippen molar-refractivity contribution in [2.75, 3.05) is 12.4 Å². The van der Waals surface area contributed by atoms with Crippen LogP contribution < -0.4 is 15.5 Å². The van der Waals surface area contributed by atoms with Crippen molar-refractivity contribution in [2.24, 2.45) is 0 Å². The van der Waals surface area contributed by atoms with Crippen molar-refractivity contribution in [3.8, 4) is 5.75 Å². The summed E-state index contributed by atoms with van der Waals surface area (Å²) in [5, 5.41) is 11.6. The van der Waals surface area contributed by atoms with Gasteiger partial charge in [-0.3, -0.25) is 14.8 Å².